The van der Waals surface area contributed by atoms with Crippen molar-refractivity contribution in [3.8, 4) is 5.75 Å². The van der Waals surface area contributed by atoms with E-state index in [-0.39, 0.29) is 0 Å². The molecule has 96 valence electrons. The summed E-state index contributed by atoms with van der Waals surface area (Å²) in [6.07, 6.45) is 3.27. The molecule has 0 heterocycles. The second-order valence-corrected chi connectivity index (χ2v) is 4.43. The Morgan fingerprint density at radius 2 is 2.00 bits per heavy atom. The molecule has 1 unspecified atom stereocenters. The van der Waals surface area contributed by atoms with Gasteiger partial charge in [-0.15, -0.1) is 0 Å². The molecule has 1 aromatic rings. The number of aryl methyl sites for hydroxylation is 1. The van der Waals surface area contributed by atoms with Crippen molar-refractivity contribution in [3.05, 3.63) is 29.8 Å². The summed E-state index contributed by atoms with van der Waals surface area (Å²) in [6.45, 7) is 8.40. The number of hydrogen-bond donors (Lipinski definition) is 1. The highest BCUT2D eigenvalue weighted by atomic mass is 16.5. The zero-order valence-corrected chi connectivity index (χ0v) is 11.3. The van der Waals surface area contributed by atoms with Crippen LogP contribution >= 0.6 is 0 Å². The molecule has 1 N–H and O–H groups in total. The SMILES string of the molecule is CCc1ccccc1OCCCNC(C)CC. The molecule has 0 aliphatic carbocycles. The minimum atomic E-state index is 0.609. The molecular weight excluding hydrogens is 210 g/mol. The zero-order valence-electron chi connectivity index (χ0n) is 11.3. The molecule has 0 amide bonds. The van der Waals surface area contributed by atoms with Crippen molar-refractivity contribution in [2.45, 2.75) is 46.1 Å². The second kappa shape index (κ2) is 8.13. The molecule has 0 aromatic heterocycles. The van der Waals surface area contributed by atoms with Gasteiger partial charge in [0, 0.05) is 6.04 Å². The molecule has 1 rings (SSSR count). The monoisotopic (exact) mass is 235 g/mol. The van der Waals surface area contributed by atoms with Crippen LogP contribution in [0.1, 0.15) is 39.2 Å². The average Bonchev–Trinajstić information content (AvgIpc) is 2.38. The molecule has 0 aliphatic heterocycles. The first kappa shape index (κ1) is 14.0. The van der Waals surface area contributed by atoms with Crippen LogP contribution in [0.25, 0.3) is 0 Å². The molecule has 0 saturated carbocycles. The summed E-state index contributed by atoms with van der Waals surface area (Å²) in [6, 6.07) is 8.90. The lowest BCUT2D eigenvalue weighted by atomic mass is 10.1. The molecule has 0 radical (unpaired) electrons. The van der Waals surface area contributed by atoms with E-state index < -0.39 is 0 Å². The fourth-order valence-corrected chi connectivity index (χ4v) is 1.68. The standard InChI is InChI=1S/C15H25NO/c1-4-13(3)16-11-8-12-17-15-10-7-6-9-14(15)5-2/h6-7,9-10,13,16H,4-5,8,11-12H2,1-3H3. The van der Waals surface area contributed by atoms with E-state index in [4.69, 9.17) is 4.74 Å². The van der Waals surface area contributed by atoms with E-state index in [0.717, 1.165) is 31.7 Å². The van der Waals surface area contributed by atoms with Gasteiger partial charge in [0.1, 0.15) is 5.75 Å². The first-order valence-electron chi connectivity index (χ1n) is 6.72. The van der Waals surface area contributed by atoms with Crippen LogP contribution in [0, 0.1) is 0 Å². The van der Waals surface area contributed by atoms with Crippen molar-refractivity contribution in [1.82, 2.24) is 5.32 Å². The average molecular weight is 235 g/mol. The van der Waals surface area contributed by atoms with Gasteiger partial charge in [-0.05, 0) is 44.4 Å². The molecular formula is C15H25NO. The van der Waals surface area contributed by atoms with Crippen molar-refractivity contribution in [1.29, 1.82) is 0 Å². The van der Waals surface area contributed by atoms with Crippen LogP contribution in [-0.2, 0) is 6.42 Å². The quantitative estimate of drug-likeness (QED) is 0.697. The van der Waals surface area contributed by atoms with Crippen molar-refractivity contribution >= 4 is 0 Å². The van der Waals surface area contributed by atoms with Crippen LogP contribution in [0.15, 0.2) is 24.3 Å². The van der Waals surface area contributed by atoms with Gasteiger partial charge in [-0.1, -0.05) is 32.0 Å². The lowest BCUT2D eigenvalue weighted by Crippen LogP contribution is -2.27. The van der Waals surface area contributed by atoms with Crippen molar-refractivity contribution in [2.75, 3.05) is 13.2 Å². The van der Waals surface area contributed by atoms with E-state index in [1.165, 1.54) is 12.0 Å². The summed E-state index contributed by atoms with van der Waals surface area (Å²) < 4.78 is 5.80. The Hall–Kier alpha value is -1.02. The maximum absolute atomic E-state index is 5.80. The van der Waals surface area contributed by atoms with Gasteiger partial charge in [-0.3, -0.25) is 0 Å². The maximum atomic E-state index is 5.80. The summed E-state index contributed by atoms with van der Waals surface area (Å²) >= 11 is 0. The van der Waals surface area contributed by atoms with Gasteiger partial charge >= 0.3 is 0 Å². The van der Waals surface area contributed by atoms with Gasteiger partial charge in [0.2, 0.25) is 0 Å². The minimum Gasteiger partial charge on any atom is -0.493 e. The van der Waals surface area contributed by atoms with Gasteiger partial charge in [0.25, 0.3) is 0 Å². The van der Waals surface area contributed by atoms with Crippen LogP contribution in [0.4, 0.5) is 0 Å². The Morgan fingerprint density at radius 3 is 2.71 bits per heavy atom. The normalized spacial score (nSPS) is 12.4. The molecule has 1 aromatic carbocycles. The third-order valence-electron chi connectivity index (χ3n) is 3.04. The van der Waals surface area contributed by atoms with E-state index in [1.54, 1.807) is 0 Å². The maximum Gasteiger partial charge on any atom is 0.122 e. The van der Waals surface area contributed by atoms with Crippen LogP contribution in [0.2, 0.25) is 0 Å². The molecule has 1 atom stereocenters. The van der Waals surface area contributed by atoms with Gasteiger partial charge in [-0.2, -0.15) is 0 Å². The first-order chi connectivity index (χ1) is 8.27. The van der Waals surface area contributed by atoms with E-state index in [2.05, 4.69) is 44.3 Å². The Kier molecular flexibility index (Phi) is 6.71. The first-order valence-corrected chi connectivity index (χ1v) is 6.72. The topological polar surface area (TPSA) is 21.3 Å². The number of para-hydroxylation sites is 1. The summed E-state index contributed by atoms with van der Waals surface area (Å²) in [4.78, 5) is 0. The fourth-order valence-electron chi connectivity index (χ4n) is 1.68. The lowest BCUT2D eigenvalue weighted by Gasteiger charge is -2.12. The van der Waals surface area contributed by atoms with E-state index >= 15 is 0 Å². The Labute approximate surface area is 105 Å². The molecule has 17 heavy (non-hydrogen) atoms. The lowest BCUT2D eigenvalue weighted by molar-refractivity contribution is 0.302. The molecule has 0 saturated heterocycles. The fraction of sp³-hybridized carbons (Fsp3) is 0.600. The molecule has 0 fully saturated rings. The number of hydrogen-bond acceptors (Lipinski definition) is 2. The predicted molar refractivity (Wildman–Crippen MR) is 73.7 cm³/mol. The molecule has 2 nitrogen and oxygen atoms in total. The summed E-state index contributed by atoms with van der Waals surface area (Å²) in [7, 11) is 0. The number of ether oxygens (including phenoxy) is 1. The second-order valence-electron chi connectivity index (χ2n) is 4.43. The van der Waals surface area contributed by atoms with Crippen LogP contribution in [-0.4, -0.2) is 19.2 Å². The largest absolute Gasteiger partial charge is 0.493 e. The summed E-state index contributed by atoms with van der Waals surface area (Å²) in [5.74, 6) is 1.04. The smallest absolute Gasteiger partial charge is 0.122 e. The molecule has 0 aliphatic rings. The number of rotatable bonds is 8. The van der Waals surface area contributed by atoms with Crippen LogP contribution in [0.5, 0.6) is 5.75 Å². The molecule has 0 spiro atoms. The van der Waals surface area contributed by atoms with Crippen molar-refractivity contribution in [2.24, 2.45) is 0 Å². The number of nitrogens with one attached hydrogen (secondary N) is 1. The van der Waals surface area contributed by atoms with E-state index in [9.17, 15) is 0 Å². The third kappa shape index (κ3) is 5.22. The highest BCUT2D eigenvalue weighted by molar-refractivity contribution is 5.33. The van der Waals surface area contributed by atoms with E-state index in [1.807, 2.05) is 6.07 Å². The van der Waals surface area contributed by atoms with Crippen molar-refractivity contribution in [3.63, 3.8) is 0 Å². The van der Waals surface area contributed by atoms with Gasteiger partial charge < -0.3 is 10.1 Å². The molecule has 2 heteroatoms. The summed E-state index contributed by atoms with van der Waals surface area (Å²) in [5, 5.41) is 3.47. The molecule has 0 bridgehead atoms. The van der Waals surface area contributed by atoms with Gasteiger partial charge in [0.15, 0.2) is 0 Å². The predicted octanol–water partition coefficient (Wildman–Crippen LogP) is 3.41. The third-order valence-corrected chi connectivity index (χ3v) is 3.04. The Bertz CT molecular complexity index is 312. The Morgan fingerprint density at radius 1 is 1.24 bits per heavy atom. The van der Waals surface area contributed by atoms with Crippen molar-refractivity contribution < 1.29 is 4.74 Å². The van der Waals surface area contributed by atoms with Gasteiger partial charge in [-0.25, -0.2) is 0 Å². The van der Waals surface area contributed by atoms with Crippen LogP contribution in [0.3, 0.4) is 0 Å². The van der Waals surface area contributed by atoms with E-state index in [0.29, 0.717) is 6.04 Å². The highest BCUT2D eigenvalue weighted by Gasteiger charge is 2.00. The Balaban J connectivity index is 2.22. The van der Waals surface area contributed by atoms with Crippen LogP contribution < -0.4 is 10.1 Å². The number of benzene rings is 1. The highest BCUT2D eigenvalue weighted by Crippen LogP contribution is 2.18. The summed E-state index contributed by atoms with van der Waals surface area (Å²) in [5.41, 5.74) is 1.29. The van der Waals surface area contributed by atoms with Gasteiger partial charge in [0.05, 0.1) is 6.61 Å². The minimum absolute atomic E-state index is 0.609. The zero-order chi connectivity index (χ0) is 12.5.